The molecule has 1 heterocycles. The molecule has 0 spiro atoms. The van der Waals surface area contributed by atoms with E-state index < -0.39 is 0 Å². The Morgan fingerprint density at radius 3 is 2.59 bits per heavy atom. The van der Waals surface area contributed by atoms with Gasteiger partial charge in [-0.1, -0.05) is 25.1 Å². The Morgan fingerprint density at radius 1 is 1.04 bits per heavy atom. The summed E-state index contributed by atoms with van der Waals surface area (Å²) in [4.78, 5) is 23.4. The molecule has 0 bridgehead atoms. The highest BCUT2D eigenvalue weighted by Gasteiger charge is 2.10. The van der Waals surface area contributed by atoms with Gasteiger partial charge < -0.3 is 19.9 Å². The summed E-state index contributed by atoms with van der Waals surface area (Å²) >= 11 is 0. The van der Waals surface area contributed by atoms with Crippen molar-refractivity contribution in [3.63, 3.8) is 0 Å². The molecule has 0 saturated carbocycles. The Morgan fingerprint density at radius 2 is 1.81 bits per heavy atom. The number of benzene rings is 2. The molecular formula is C21H25N3O3. The summed E-state index contributed by atoms with van der Waals surface area (Å²) in [6, 6.07) is 13.9. The second kappa shape index (κ2) is 8.58. The van der Waals surface area contributed by atoms with Crippen LogP contribution >= 0.6 is 0 Å². The molecule has 6 heteroatoms. The molecule has 2 aromatic carbocycles. The van der Waals surface area contributed by atoms with E-state index >= 15 is 0 Å². The van der Waals surface area contributed by atoms with Crippen LogP contribution in [0.25, 0.3) is 21.8 Å². The van der Waals surface area contributed by atoms with Crippen LogP contribution in [0.4, 0.5) is 10.5 Å². The molecule has 0 aliphatic heterocycles. The van der Waals surface area contributed by atoms with Crippen molar-refractivity contribution < 1.29 is 14.3 Å². The molecule has 142 valence electrons. The molecular weight excluding hydrogens is 342 g/mol. The van der Waals surface area contributed by atoms with Crippen LogP contribution in [0.2, 0.25) is 0 Å². The number of nitrogens with one attached hydrogen (secondary N) is 2. The summed E-state index contributed by atoms with van der Waals surface area (Å²) in [7, 11) is 0. The number of esters is 1. The number of carbonyl (C=O) groups excluding carboxylic acids is 2. The van der Waals surface area contributed by atoms with E-state index in [1.807, 2.05) is 37.3 Å². The van der Waals surface area contributed by atoms with Gasteiger partial charge in [0.05, 0.1) is 6.54 Å². The number of hydrogen-bond acceptors (Lipinski definition) is 3. The van der Waals surface area contributed by atoms with E-state index in [2.05, 4.69) is 34.3 Å². The first-order valence-corrected chi connectivity index (χ1v) is 9.35. The number of aromatic nitrogens is 1. The fourth-order valence-corrected chi connectivity index (χ4v) is 3.25. The van der Waals surface area contributed by atoms with Crippen molar-refractivity contribution >= 4 is 39.5 Å². The lowest BCUT2D eigenvalue weighted by molar-refractivity contribution is -0.143. The molecule has 0 unspecified atom stereocenters. The van der Waals surface area contributed by atoms with Crippen LogP contribution in [0.5, 0.6) is 0 Å². The highest BCUT2D eigenvalue weighted by Crippen LogP contribution is 2.30. The summed E-state index contributed by atoms with van der Waals surface area (Å²) in [6.45, 7) is 5.38. The van der Waals surface area contributed by atoms with Crippen molar-refractivity contribution in [2.45, 2.75) is 33.2 Å². The highest BCUT2D eigenvalue weighted by atomic mass is 16.5. The number of rotatable bonds is 7. The van der Waals surface area contributed by atoms with Crippen LogP contribution in [-0.2, 0) is 16.1 Å². The predicted octanol–water partition coefficient (Wildman–Crippen LogP) is 4.28. The van der Waals surface area contributed by atoms with E-state index in [1.54, 1.807) is 0 Å². The van der Waals surface area contributed by atoms with Gasteiger partial charge in [-0.15, -0.1) is 0 Å². The van der Waals surface area contributed by atoms with Gasteiger partial charge in [-0.2, -0.15) is 0 Å². The third kappa shape index (κ3) is 4.22. The van der Waals surface area contributed by atoms with Crippen molar-refractivity contribution in [1.29, 1.82) is 0 Å². The lowest BCUT2D eigenvalue weighted by atomic mass is 10.1. The maximum Gasteiger partial charge on any atom is 0.319 e. The van der Waals surface area contributed by atoms with Crippen molar-refractivity contribution in [3.05, 3.63) is 42.5 Å². The highest BCUT2D eigenvalue weighted by molar-refractivity contribution is 6.09. The van der Waals surface area contributed by atoms with Gasteiger partial charge in [0.15, 0.2) is 0 Å². The zero-order valence-corrected chi connectivity index (χ0v) is 15.7. The number of anilines is 1. The van der Waals surface area contributed by atoms with Gasteiger partial charge >= 0.3 is 12.0 Å². The summed E-state index contributed by atoms with van der Waals surface area (Å²) in [5, 5.41) is 7.82. The Bertz CT molecular complexity index is 962. The number of urea groups is 1. The van der Waals surface area contributed by atoms with E-state index in [0.717, 1.165) is 29.6 Å². The molecule has 6 nitrogen and oxygen atoms in total. The van der Waals surface area contributed by atoms with Crippen LogP contribution in [0.3, 0.4) is 0 Å². The summed E-state index contributed by atoms with van der Waals surface area (Å²) in [6.07, 6.45) is 1.15. The van der Waals surface area contributed by atoms with Crippen molar-refractivity contribution in [1.82, 2.24) is 9.88 Å². The Labute approximate surface area is 158 Å². The molecule has 27 heavy (non-hydrogen) atoms. The van der Waals surface area contributed by atoms with Crippen LogP contribution in [-0.4, -0.2) is 29.7 Å². The van der Waals surface area contributed by atoms with Crippen LogP contribution in [0, 0.1) is 0 Å². The molecule has 0 aliphatic rings. The molecule has 0 fully saturated rings. The predicted molar refractivity (Wildman–Crippen MR) is 108 cm³/mol. The van der Waals surface area contributed by atoms with Gasteiger partial charge in [0.1, 0.15) is 6.61 Å². The molecule has 1 aromatic heterocycles. The standard InChI is InChI=1S/C21H25N3O3/c1-3-7-20(25)27-13-12-22-21(26)23-15-10-11-19-17(14-15)16-8-5-6-9-18(16)24(19)4-2/h5-6,8-11,14H,3-4,7,12-13H2,1-2H3,(H2,22,23,26). The molecule has 2 N–H and O–H groups in total. The monoisotopic (exact) mass is 367 g/mol. The molecule has 0 saturated heterocycles. The van der Waals surface area contributed by atoms with Crippen LogP contribution in [0.15, 0.2) is 42.5 Å². The lowest BCUT2D eigenvalue weighted by Crippen LogP contribution is -2.32. The van der Waals surface area contributed by atoms with E-state index in [9.17, 15) is 9.59 Å². The number of fused-ring (bicyclic) bond motifs is 3. The number of carbonyl (C=O) groups is 2. The Hall–Kier alpha value is -3.02. The van der Waals surface area contributed by atoms with Gasteiger partial charge in [0, 0.05) is 40.5 Å². The minimum Gasteiger partial charge on any atom is -0.464 e. The van der Waals surface area contributed by atoms with Gasteiger partial charge in [-0.25, -0.2) is 4.79 Å². The quantitative estimate of drug-likeness (QED) is 0.484. The fraction of sp³-hybridized carbons (Fsp3) is 0.333. The number of para-hydroxylation sites is 1. The topological polar surface area (TPSA) is 72.4 Å². The molecule has 2 amide bonds. The molecule has 0 atom stereocenters. The zero-order valence-electron chi connectivity index (χ0n) is 15.7. The van der Waals surface area contributed by atoms with E-state index in [1.165, 1.54) is 10.9 Å². The normalized spacial score (nSPS) is 10.9. The second-order valence-corrected chi connectivity index (χ2v) is 6.34. The van der Waals surface area contributed by atoms with Crippen molar-refractivity contribution in [3.8, 4) is 0 Å². The maximum atomic E-state index is 12.1. The van der Waals surface area contributed by atoms with Gasteiger partial charge in [-0.05, 0) is 37.6 Å². The number of nitrogens with zero attached hydrogens (tertiary/aromatic N) is 1. The number of amides is 2. The molecule has 3 rings (SSSR count). The average molecular weight is 367 g/mol. The summed E-state index contributed by atoms with van der Waals surface area (Å²) < 4.78 is 7.28. The van der Waals surface area contributed by atoms with E-state index in [4.69, 9.17) is 4.74 Å². The number of ether oxygens (including phenoxy) is 1. The van der Waals surface area contributed by atoms with Crippen LogP contribution < -0.4 is 10.6 Å². The molecule has 0 aliphatic carbocycles. The lowest BCUT2D eigenvalue weighted by Gasteiger charge is -2.09. The Balaban J connectivity index is 1.66. The number of hydrogen-bond donors (Lipinski definition) is 2. The largest absolute Gasteiger partial charge is 0.464 e. The third-order valence-corrected chi connectivity index (χ3v) is 4.45. The van der Waals surface area contributed by atoms with E-state index in [0.29, 0.717) is 6.42 Å². The summed E-state index contributed by atoms with van der Waals surface area (Å²) in [5.74, 6) is -0.238. The first-order chi connectivity index (χ1) is 13.1. The first-order valence-electron chi connectivity index (χ1n) is 9.35. The maximum absolute atomic E-state index is 12.1. The van der Waals surface area contributed by atoms with Gasteiger partial charge in [0.25, 0.3) is 0 Å². The third-order valence-electron chi connectivity index (χ3n) is 4.45. The van der Waals surface area contributed by atoms with E-state index in [-0.39, 0.29) is 25.2 Å². The second-order valence-electron chi connectivity index (χ2n) is 6.34. The minimum absolute atomic E-state index is 0.176. The summed E-state index contributed by atoms with van der Waals surface area (Å²) in [5.41, 5.74) is 3.06. The molecule has 3 aromatic rings. The molecule has 0 radical (unpaired) electrons. The Kier molecular flexibility index (Phi) is 5.96. The SMILES string of the molecule is CCCC(=O)OCCNC(=O)Nc1ccc2c(c1)c1ccccc1n2CC. The smallest absolute Gasteiger partial charge is 0.319 e. The zero-order chi connectivity index (χ0) is 19.2. The fourth-order valence-electron chi connectivity index (χ4n) is 3.25. The minimum atomic E-state index is -0.319. The first kappa shape index (κ1) is 18.8. The van der Waals surface area contributed by atoms with Crippen molar-refractivity contribution in [2.75, 3.05) is 18.5 Å². The number of aryl methyl sites for hydroxylation is 1. The van der Waals surface area contributed by atoms with Gasteiger partial charge in [-0.3, -0.25) is 4.79 Å². The van der Waals surface area contributed by atoms with Crippen molar-refractivity contribution in [2.24, 2.45) is 0 Å². The average Bonchev–Trinajstić information content (AvgIpc) is 2.98. The van der Waals surface area contributed by atoms with Gasteiger partial charge in [0.2, 0.25) is 0 Å². The van der Waals surface area contributed by atoms with Crippen LogP contribution in [0.1, 0.15) is 26.7 Å².